The number of H-pyrrole nitrogens is 1. The highest BCUT2D eigenvalue weighted by Gasteiger charge is 2.48. The highest BCUT2D eigenvalue weighted by Crippen LogP contribution is 2.47. The molecule has 5 atom stereocenters. The third-order valence-corrected chi connectivity index (χ3v) is 7.81. The Labute approximate surface area is 212 Å². The van der Waals surface area contributed by atoms with Crippen molar-refractivity contribution < 1.29 is 26.3 Å². The number of nitrogens with zero attached hydrogens (tertiary/aromatic N) is 2. The summed E-state index contributed by atoms with van der Waals surface area (Å²) in [5.74, 6) is -2.19. The summed E-state index contributed by atoms with van der Waals surface area (Å²) >= 11 is 0. The lowest BCUT2D eigenvalue weighted by Gasteiger charge is -2.45. The quantitative estimate of drug-likeness (QED) is 0.451. The molecule has 1 fully saturated rings. The van der Waals surface area contributed by atoms with Crippen LogP contribution < -0.4 is 5.32 Å². The van der Waals surface area contributed by atoms with Crippen LogP contribution in [0.1, 0.15) is 37.1 Å². The summed E-state index contributed by atoms with van der Waals surface area (Å²) in [4.78, 5) is 6.49. The molecule has 1 aromatic carbocycles. The third kappa shape index (κ3) is 5.41. The molecule has 1 aliphatic carbocycles. The second kappa shape index (κ2) is 10.4. The molecule has 2 N–H and O–H groups in total. The summed E-state index contributed by atoms with van der Waals surface area (Å²) in [6.45, 7) is 2.09. The zero-order valence-electron chi connectivity index (χ0n) is 20.7. The summed E-state index contributed by atoms with van der Waals surface area (Å²) in [6.07, 6.45) is -2.27. The van der Waals surface area contributed by atoms with Gasteiger partial charge in [-0.3, -0.25) is 9.29 Å². The average molecular weight is 527 g/mol. The molecule has 1 aromatic heterocycles. The zero-order chi connectivity index (χ0) is 26.3. The smallest absolute Gasteiger partial charge is 0.381 e. The van der Waals surface area contributed by atoms with Crippen LogP contribution in [-0.4, -0.2) is 72.1 Å². The second-order valence-corrected chi connectivity index (χ2v) is 10.4. The maximum atomic E-state index is 15.8. The Hall–Kier alpha value is -2.46. The zero-order valence-corrected chi connectivity index (χ0v) is 20.7. The minimum atomic E-state index is -4.52. The van der Waals surface area contributed by atoms with Crippen LogP contribution in [0, 0.1) is 5.92 Å². The van der Waals surface area contributed by atoms with Crippen LogP contribution in [0.15, 0.2) is 47.9 Å². The van der Waals surface area contributed by atoms with Crippen LogP contribution in [0.25, 0.3) is 10.9 Å². The van der Waals surface area contributed by atoms with E-state index in [1.165, 1.54) is 17.1 Å². The Bertz CT molecular complexity index is 1170. The van der Waals surface area contributed by atoms with Crippen LogP contribution in [0.2, 0.25) is 0 Å². The summed E-state index contributed by atoms with van der Waals surface area (Å²) in [5, 5.41) is 4.04. The predicted molar refractivity (Wildman–Crippen MR) is 131 cm³/mol. The number of aromatic amines is 1. The maximum Gasteiger partial charge on any atom is 0.401 e. The van der Waals surface area contributed by atoms with Crippen LogP contribution in [0.4, 0.5) is 26.3 Å². The standard InChI is InChI=1S/C27H32F6N4/c1-16-11-20-19-5-2-3-6-23(19)35-25(20)26(37(16)15-27(31,32)33)24-21(29)12-18(13-22(24)30)34-17-7-10-36(14-17)9-4-8-28/h2-3,5-6,12-13,16-17,21,24,26,34-35H,4,7-11,14-15H2,1H3/t16-,17+,21?,24?,26-/m1/s1. The van der Waals surface area contributed by atoms with Gasteiger partial charge in [0.15, 0.2) is 0 Å². The first-order valence-electron chi connectivity index (χ1n) is 12.8. The van der Waals surface area contributed by atoms with Crippen molar-refractivity contribution in [3.05, 3.63) is 59.2 Å². The number of para-hydroxylation sites is 1. The fourth-order valence-corrected chi connectivity index (χ4v) is 6.20. The number of rotatable bonds is 7. The Balaban J connectivity index is 1.43. The third-order valence-electron chi connectivity index (χ3n) is 7.81. The molecule has 0 radical (unpaired) electrons. The summed E-state index contributed by atoms with van der Waals surface area (Å²) < 4.78 is 84.8. The molecule has 1 saturated heterocycles. The SMILES string of the molecule is C[C@@H]1Cc2c([nH]c3ccccc23)[C@@H](C2C(F)=CC(N[C@H]3CCN(CCCF)C3)=CC2F)N1CC(F)(F)F. The molecular formula is C27H32F6N4. The van der Waals surface area contributed by atoms with Crippen molar-refractivity contribution in [2.75, 3.05) is 32.9 Å². The molecular weight excluding hydrogens is 494 g/mol. The molecule has 4 nitrogen and oxygen atoms in total. The van der Waals surface area contributed by atoms with E-state index >= 15 is 8.78 Å². The van der Waals surface area contributed by atoms with Gasteiger partial charge in [0.2, 0.25) is 0 Å². The molecule has 10 heteroatoms. The number of benzene rings is 1. The van der Waals surface area contributed by atoms with Crippen molar-refractivity contribution in [1.29, 1.82) is 0 Å². The van der Waals surface area contributed by atoms with Gasteiger partial charge in [0.05, 0.1) is 25.2 Å². The first kappa shape index (κ1) is 26.2. The lowest BCUT2D eigenvalue weighted by Crippen LogP contribution is -2.50. The van der Waals surface area contributed by atoms with E-state index in [1.807, 2.05) is 24.3 Å². The normalized spacial score (nSPS) is 29.3. The second-order valence-electron chi connectivity index (χ2n) is 10.4. The highest BCUT2D eigenvalue weighted by molar-refractivity contribution is 5.85. The van der Waals surface area contributed by atoms with E-state index in [-0.39, 0.29) is 12.7 Å². The van der Waals surface area contributed by atoms with Crippen molar-refractivity contribution >= 4 is 10.9 Å². The number of hydrogen-bond acceptors (Lipinski definition) is 3. The molecule has 5 rings (SSSR count). The van der Waals surface area contributed by atoms with E-state index < -0.39 is 42.7 Å². The summed E-state index contributed by atoms with van der Waals surface area (Å²) in [5.41, 5.74) is 2.30. The van der Waals surface area contributed by atoms with E-state index in [1.54, 1.807) is 6.92 Å². The summed E-state index contributed by atoms with van der Waals surface area (Å²) in [7, 11) is 0. The van der Waals surface area contributed by atoms with Gasteiger partial charge in [-0.15, -0.1) is 0 Å². The van der Waals surface area contributed by atoms with E-state index in [2.05, 4.69) is 15.2 Å². The van der Waals surface area contributed by atoms with E-state index in [0.717, 1.165) is 29.4 Å². The van der Waals surface area contributed by atoms with E-state index in [4.69, 9.17) is 0 Å². The molecule has 2 aliphatic heterocycles. The van der Waals surface area contributed by atoms with Crippen molar-refractivity contribution in [1.82, 2.24) is 20.1 Å². The minimum absolute atomic E-state index is 0.0320. The van der Waals surface area contributed by atoms with Gasteiger partial charge >= 0.3 is 6.18 Å². The van der Waals surface area contributed by atoms with Gasteiger partial charge < -0.3 is 15.2 Å². The van der Waals surface area contributed by atoms with Crippen molar-refractivity contribution in [2.24, 2.45) is 5.92 Å². The Morgan fingerprint density at radius 1 is 1.19 bits per heavy atom. The number of likely N-dealkylation sites (tertiary alicyclic amines) is 1. The fourth-order valence-electron chi connectivity index (χ4n) is 6.20. The fraction of sp³-hybridized carbons (Fsp3) is 0.556. The predicted octanol–water partition coefficient (Wildman–Crippen LogP) is 5.75. The number of alkyl halides is 5. The van der Waals surface area contributed by atoms with Gasteiger partial charge in [0, 0.05) is 54.0 Å². The van der Waals surface area contributed by atoms with Gasteiger partial charge in [-0.25, -0.2) is 8.78 Å². The molecule has 202 valence electrons. The molecule has 0 spiro atoms. The van der Waals surface area contributed by atoms with E-state index in [0.29, 0.717) is 37.3 Å². The Kier molecular flexibility index (Phi) is 7.33. The average Bonchev–Trinajstić information content (AvgIpc) is 3.42. The van der Waals surface area contributed by atoms with Gasteiger partial charge in [-0.05, 0) is 50.0 Å². The minimum Gasteiger partial charge on any atom is -0.381 e. The number of allylic oxidation sites excluding steroid dienone is 2. The van der Waals surface area contributed by atoms with Gasteiger partial charge in [-0.2, -0.15) is 13.2 Å². The number of fused-ring (bicyclic) bond motifs is 3. The molecule has 0 amide bonds. The van der Waals surface area contributed by atoms with Crippen LogP contribution >= 0.6 is 0 Å². The van der Waals surface area contributed by atoms with Crippen molar-refractivity contribution in [3.8, 4) is 0 Å². The Morgan fingerprint density at radius 3 is 2.70 bits per heavy atom. The van der Waals surface area contributed by atoms with Crippen molar-refractivity contribution in [2.45, 2.75) is 56.7 Å². The first-order chi connectivity index (χ1) is 17.6. The number of hydrogen-bond donors (Lipinski definition) is 2. The molecule has 2 unspecified atom stereocenters. The van der Waals surface area contributed by atoms with Crippen LogP contribution in [0.3, 0.4) is 0 Å². The molecule has 0 saturated carbocycles. The van der Waals surface area contributed by atoms with Crippen molar-refractivity contribution in [3.63, 3.8) is 0 Å². The number of halogens is 6. The lowest BCUT2D eigenvalue weighted by atomic mass is 9.80. The molecule has 3 heterocycles. The molecule has 2 aromatic rings. The molecule has 37 heavy (non-hydrogen) atoms. The van der Waals surface area contributed by atoms with Crippen LogP contribution in [0.5, 0.6) is 0 Å². The van der Waals surface area contributed by atoms with E-state index in [9.17, 15) is 17.6 Å². The maximum absolute atomic E-state index is 15.8. The Morgan fingerprint density at radius 2 is 1.97 bits per heavy atom. The van der Waals surface area contributed by atoms with Crippen LogP contribution in [-0.2, 0) is 6.42 Å². The first-order valence-corrected chi connectivity index (χ1v) is 12.8. The topological polar surface area (TPSA) is 34.3 Å². The van der Waals surface area contributed by atoms with Gasteiger partial charge in [-0.1, -0.05) is 18.2 Å². The lowest BCUT2D eigenvalue weighted by molar-refractivity contribution is -0.161. The number of aromatic nitrogens is 1. The largest absolute Gasteiger partial charge is 0.401 e. The molecule has 0 bridgehead atoms. The highest BCUT2D eigenvalue weighted by atomic mass is 19.4. The monoisotopic (exact) mass is 526 g/mol. The molecule has 3 aliphatic rings. The number of nitrogens with one attached hydrogen (secondary N) is 2. The van der Waals surface area contributed by atoms with Gasteiger partial charge in [0.25, 0.3) is 0 Å². The van der Waals surface area contributed by atoms with Gasteiger partial charge in [0.1, 0.15) is 12.0 Å². The summed E-state index contributed by atoms with van der Waals surface area (Å²) in [6, 6.07) is 5.64.